The van der Waals surface area contributed by atoms with Crippen LogP contribution >= 0.6 is 11.6 Å². The Morgan fingerprint density at radius 3 is 2.58 bits per heavy atom. The first-order valence-electron chi connectivity index (χ1n) is 9.30. The van der Waals surface area contributed by atoms with Crippen LogP contribution in [-0.4, -0.2) is 55.6 Å². The Hall–Kier alpha value is -1.95. The summed E-state index contributed by atoms with van der Waals surface area (Å²) in [5.74, 6) is 1.49. The van der Waals surface area contributed by atoms with Gasteiger partial charge in [-0.1, -0.05) is 11.6 Å². The van der Waals surface area contributed by atoms with Crippen LogP contribution in [0.4, 0.5) is 0 Å². The second kappa shape index (κ2) is 10.9. The van der Waals surface area contributed by atoms with Crippen LogP contribution in [-0.2, 0) is 4.79 Å². The van der Waals surface area contributed by atoms with Gasteiger partial charge in [-0.15, -0.1) is 0 Å². The number of rotatable bonds is 7. The van der Waals surface area contributed by atoms with Gasteiger partial charge in [0.2, 0.25) is 5.91 Å². The third kappa shape index (κ3) is 7.12. The van der Waals surface area contributed by atoms with Crippen molar-refractivity contribution >= 4 is 23.5 Å². The minimum Gasteiger partial charge on any atom is -0.489 e. The largest absolute Gasteiger partial charge is 0.489 e. The lowest BCUT2D eigenvalue weighted by Gasteiger charge is -2.26. The lowest BCUT2D eigenvalue weighted by Crippen LogP contribution is -2.43. The molecule has 6 nitrogen and oxygen atoms in total. The van der Waals surface area contributed by atoms with Crippen LogP contribution in [0.3, 0.4) is 0 Å². The fourth-order valence-corrected chi connectivity index (χ4v) is 2.89. The number of piperidine rings is 1. The summed E-state index contributed by atoms with van der Waals surface area (Å²) in [6.45, 7) is 7.15. The molecule has 0 aromatic heterocycles. The number of amides is 1. The molecule has 7 heteroatoms. The molecule has 1 atom stereocenters. The molecule has 1 aliphatic heterocycles. The molecule has 1 unspecified atom stereocenters. The summed E-state index contributed by atoms with van der Waals surface area (Å²) in [6.07, 6.45) is 3.33. The molecule has 26 heavy (non-hydrogen) atoms. The molecule has 1 heterocycles. The Bertz CT molecular complexity index is 586. The fourth-order valence-electron chi connectivity index (χ4n) is 2.76. The summed E-state index contributed by atoms with van der Waals surface area (Å²) < 4.78 is 5.84. The van der Waals surface area contributed by atoms with Crippen LogP contribution in [0.15, 0.2) is 29.3 Å². The van der Waals surface area contributed by atoms with Gasteiger partial charge in [-0.05, 0) is 57.4 Å². The average molecular weight is 381 g/mol. The maximum absolute atomic E-state index is 12.2. The Labute approximate surface area is 161 Å². The topological polar surface area (TPSA) is 66.0 Å². The maximum atomic E-state index is 12.2. The van der Waals surface area contributed by atoms with E-state index in [-0.39, 0.29) is 18.6 Å². The van der Waals surface area contributed by atoms with Gasteiger partial charge in [0, 0.05) is 24.7 Å². The zero-order chi connectivity index (χ0) is 18.8. The minimum absolute atomic E-state index is 0.0576. The molecule has 2 N–H and O–H groups in total. The Balaban J connectivity index is 1.80. The van der Waals surface area contributed by atoms with E-state index >= 15 is 0 Å². The number of carbonyl (C=O) groups excluding carboxylic acids is 1. The molecule has 1 aliphatic rings. The van der Waals surface area contributed by atoms with E-state index in [2.05, 4.69) is 15.6 Å². The molecule has 1 amide bonds. The van der Waals surface area contributed by atoms with Crippen molar-refractivity contribution < 1.29 is 9.53 Å². The molecule has 1 fully saturated rings. The number of carbonyl (C=O) groups is 1. The van der Waals surface area contributed by atoms with Crippen LogP contribution in [0, 0.1) is 0 Å². The molecule has 1 aromatic rings. The first-order chi connectivity index (χ1) is 12.6. The minimum atomic E-state index is -0.0576. The second-order valence-electron chi connectivity index (χ2n) is 6.40. The molecule has 0 saturated carbocycles. The zero-order valence-corrected chi connectivity index (χ0v) is 16.4. The lowest BCUT2D eigenvalue weighted by molar-refractivity contribution is -0.130. The van der Waals surface area contributed by atoms with Gasteiger partial charge >= 0.3 is 0 Å². The van der Waals surface area contributed by atoms with E-state index in [0.717, 1.165) is 38.2 Å². The third-order valence-electron chi connectivity index (χ3n) is 4.13. The summed E-state index contributed by atoms with van der Waals surface area (Å²) in [4.78, 5) is 18.6. The van der Waals surface area contributed by atoms with Crippen LogP contribution < -0.4 is 15.4 Å². The predicted octanol–water partition coefficient (Wildman–Crippen LogP) is 2.67. The van der Waals surface area contributed by atoms with E-state index in [1.54, 1.807) is 12.1 Å². The number of hydrogen-bond acceptors (Lipinski definition) is 3. The predicted molar refractivity (Wildman–Crippen MR) is 106 cm³/mol. The Morgan fingerprint density at radius 2 is 1.92 bits per heavy atom. The van der Waals surface area contributed by atoms with Crippen molar-refractivity contribution in [1.29, 1.82) is 0 Å². The highest BCUT2D eigenvalue weighted by Crippen LogP contribution is 2.16. The van der Waals surface area contributed by atoms with Gasteiger partial charge in [0.1, 0.15) is 18.4 Å². The molecular weight excluding hydrogens is 352 g/mol. The monoisotopic (exact) mass is 380 g/mol. The standard InChI is InChI=1S/C19H29ClN4O2/c1-3-21-19(23-14-18(25)24-11-5-4-6-12-24)22-13-15(2)26-17-9-7-16(20)8-10-17/h7-10,15H,3-6,11-14H2,1-2H3,(H2,21,22,23). The molecule has 1 saturated heterocycles. The first-order valence-corrected chi connectivity index (χ1v) is 9.68. The van der Waals surface area contributed by atoms with Crippen molar-refractivity contribution in [2.24, 2.45) is 4.99 Å². The van der Waals surface area contributed by atoms with Crippen LogP contribution in [0.5, 0.6) is 5.75 Å². The molecule has 2 rings (SSSR count). The molecule has 1 aromatic carbocycles. The van der Waals surface area contributed by atoms with Gasteiger partial charge in [-0.3, -0.25) is 4.79 Å². The number of ether oxygens (including phenoxy) is 1. The maximum Gasteiger partial charge on any atom is 0.244 e. The van der Waals surface area contributed by atoms with Crippen LogP contribution in [0.2, 0.25) is 5.02 Å². The number of aliphatic imine (C=N–C) groups is 1. The van der Waals surface area contributed by atoms with Gasteiger partial charge in [0.05, 0.1) is 6.54 Å². The van der Waals surface area contributed by atoms with Crippen molar-refractivity contribution in [2.45, 2.75) is 39.2 Å². The van der Waals surface area contributed by atoms with Crippen molar-refractivity contribution in [1.82, 2.24) is 15.5 Å². The van der Waals surface area contributed by atoms with Crippen molar-refractivity contribution in [2.75, 3.05) is 32.7 Å². The highest BCUT2D eigenvalue weighted by atomic mass is 35.5. The second-order valence-corrected chi connectivity index (χ2v) is 6.84. The number of benzene rings is 1. The number of nitrogens with zero attached hydrogens (tertiary/aromatic N) is 2. The fraction of sp³-hybridized carbons (Fsp3) is 0.579. The van der Waals surface area contributed by atoms with Crippen LogP contribution in [0.25, 0.3) is 0 Å². The number of nitrogens with one attached hydrogen (secondary N) is 2. The third-order valence-corrected chi connectivity index (χ3v) is 4.39. The van der Waals surface area contributed by atoms with E-state index in [0.29, 0.717) is 17.5 Å². The van der Waals surface area contributed by atoms with E-state index in [1.165, 1.54) is 6.42 Å². The zero-order valence-electron chi connectivity index (χ0n) is 15.6. The van der Waals surface area contributed by atoms with Gasteiger partial charge in [-0.25, -0.2) is 4.99 Å². The Morgan fingerprint density at radius 1 is 1.23 bits per heavy atom. The number of halogens is 1. The van der Waals surface area contributed by atoms with E-state index in [4.69, 9.17) is 16.3 Å². The van der Waals surface area contributed by atoms with Crippen molar-refractivity contribution in [3.05, 3.63) is 29.3 Å². The highest BCUT2D eigenvalue weighted by Gasteiger charge is 2.16. The van der Waals surface area contributed by atoms with E-state index < -0.39 is 0 Å². The average Bonchev–Trinajstić information content (AvgIpc) is 2.66. The molecule has 0 radical (unpaired) electrons. The smallest absolute Gasteiger partial charge is 0.244 e. The summed E-state index contributed by atoms with van der Waals surface area (Å²) >= 11 is 5.88. The molecule has 0 aliphatic carbocycles. The number of hydrogen-bond donors (Lipinski definition) is 2. The molecular formula is C19H29ClN4O2. The van der Waals surface area contributed by atoms with Gasteiger partial charge < -0.3 is 20.3 Å². The first kappa shape index (κ1) is 20.4. The number of guanidine groups is 1. The summed E-state index contributed by atoms with van der Waals surface area (Å²) in [5, 5.41) is 7.07. The molecule has 0 spiro atoms. The van der Waals surface area contributed by atoms with Crippen molar-refractivity contribution in [3.63, 3.8) is 0 Å². The van der Waals surface area contributed by atoms with Gasteiger partial charge in [-0.2, -0.15) is 0 Å². The quantitative estimate of drug-likeness (QED) is 0.563. The van der Waals surface area contributed by atoms with Gasteiger partial charge in [0.25, 0.3) is 0 Å². The van der Waals surface area contributed by atoms with E-state index in [1.807, 2.05) is 30.9 Å². The van der Waals surface area contributed by atoms with Gasteiger partial charge in [0.15, 0.2) is 5.96 Å². The highest BCUT2D eigenvalue weighted by molar-refractivity contribution is 6.30. The summed E-state index contributed by atoms with van der Waals surface area (Å²) in [5.41, 5.74) is 0. The van der Waals surface area contributed by atoms with Crippen molar-refractivity contribution in [3.8, 4) is 5.75 Å². The molecule has 144 valence electrons. The summed E-state index contributed by atoms with van der Waals surface area (Å²) in [6, 6.07) is 7.29. The lowest BCUT2D eigenvalue weighted by atomic mass is 10.1. The Kier molecular flexibility index (Phi) is 8.54. The number of likely N-dealkylation sites (tertiary alicyclic amines) is 1. The molecule has 0 bridgehead atoms. The summed E-state index contributed by atoms with van der Waals surface area (Å²) in [7, 11) is 0. The normalized spacial score (nSPS) is 16.1. The van der Waals surface area contributed by atoms with E-state index in [9.17, 15) is 4.79 Å². The SMILES string of the molecule is CCNC(=NCC(=O)N1CCCCC1)NCC(C)Oc1ccc(Cl)cc1. The van der Waals surface area contributed by atoms with Crippen LogP contribution in [0.1, 0.15) is 33.1 Å².